The molecule has 1 aromatic carbocycles. The van der Waals surface area contributed by atoms with Crippen molar-refractivity contribution in [3.8, 4) is 22.9 Å². The van der Waals surface area contributed by atoms with E-state index in [-0.39, 0.29) is 0 Å². The Labute approximate surface area is 181 Å². The van der Waals surface area contributed by atoms with Gasteiger partial charge in [-0.25, -0.2) is 9.97 Å². The molecule has 0 aliphatic rings. The maximum Gasteiger partial charge on any atom is 0.159 e. The first-order valence-corrected chi connectivity index (χ1v) is 11.2. The highest BCUT2D eigenvalue weighted by Gasteiger charge is 2.03. The van der Waals surface area contributed by atoms with Crippen molar-refractivity contribution in [2.45, 2.75) is 58.8 Å². The van der Waals surface area contributed by atoms with Gasteiger partial charge in [-0.3, -0.25) is 0 Å². The second kappa shape index (κ2) is 15.4. The summed E-state index contributed by atoms with van der Waals surface area (Å²) in [7, 11) is 0. The normalized spacial score (nSPS) is 11.1. The van der Waals surface area contributed by atoms with Crippen LogP contribution in [0.1, 0.15) is 58.8 Å². The van der Waals surface area contributed by atoms with Crippen LogP contribution in [0.3, 0.4) is 0 Å². The SMILES string of the molecule is CC/C=C\CCCCOc1ccc(-c2ncc(OCCCCOCCC)cn2)cc1. The zero-order valence-electron chi connectivity index (χ0n) is 18.5. The van der Waals surface area contributed by atoms with E-state index in [0.29, 0.717) is 18.2 Å². The molecule has 2 rings (SSSR count). The fourth-order valence-electron chi connectivity index (χ4n) is 2.82. The Hall–Kier alpha value is -2.40. The molecular weight excluding hydrogens is 376 g/mol. The van der Waals surface area contributed by atoms with E-state index in [2.05, 4.69) is 36.0 Å². The molecule has 0 saturated heterocycles. The molecular formula is C25H36N2O3. The number of rotatable bonds is 16. The second-order valence-electron chi connectivity index (χ2n) is 7.16. The third kappa shape index (κ3) is 9.88. The van der Waals surface area contributed by atoms with E-state index in [0.717, 1.165) is 76.1 Å². The predicted molar refractivity (Wildman–Crippen MR) is 122 cm³/mol. The van der Waals surface area contributed by atoms with Gasteiger partial charge in [0.05, 0.1) is 25.6 Å². The zero-order valence-corrected chi connectivity index (χ0v) is 18.5. The maximum absolute atomic E-state index is 5.81. The van der Waals surface area contributed by atoms with Crippen LogP contribution in [-0.2, 0) is 4.74 Å². The number of allylic oxidation sites excluding steroid dienone is 2. The van der Waals surface area contributed by atoms with Gasteiger partial charge in [0.25, 0.3) is 0 Å². The average Bonchev–Trinajstić information content (AvgIpc) is 2.79. The lowest BCUT2D eigenvalue weighted by Gasteiger charge is -2.08. The molecule has 0 N–H and O–H groups in total. The topological polar surface area (TPSA) is 53.5 Å². The molecule has 30 heavy (non-hydrogen) atoms. The Morgan fingerprint density at radius 3 is 2.10 bits per heavy atom. The third-order valence-electron chi connectivity index (χ3n) is 4.48. The molecule has 5 nitrogen and oxygen atoms in total. The first kappa shape index (κ1) is 23.9. The van der Waals surface area contributed by atoms with Crippen molar-refractivity contribution >= 4 is 0 Å². The minimum atomic E-state index is 0.652. The predicted octanol–water partition coefficient (Wildman–Crippen LogP) is 6.24. The highest BCUT2D eigenvalue weighted by atomic mass is 16.5. The highest BCUT2D eigenvalue weighted by molar-refractivity contribution is 5.56. The number of hydrogen-bond acceptors (Lipinski definition) is 5. The molecule has 0 fully saturated rings. The monoisotopic (exact) mass is 412 g/mol. The smallest absolute Gasteiger partial charge is 0.159 e. The van der Waals surface area contributed by atoms with Crippen LogP contribution in [0.25, 0.3) is 11.4 Å². The van der Waals surface area contributed by atoms with E-state index in [1.807, 2.05) is 24.3 Å². The van der Waals surface area contributed by atoms with Gasteiger partial charge in [0.2, 0.25) is 0 Å². The summed E-state index contributed by atoms with van der Waals surface area (Å²) in [5.74, 6) is 2.26. The van der Waals surface area contributed by atoms with Gasteiger partial charge in [-0.1, -0.05) is 26.0 Å². The Kier molecular flexibility index (Phi) is 12.3. The largest absolute Gasteiger partial charge is 0.494 e. The van der Waals surface area contributed by atoms with E-state index in [4.69, 9.17) is 14.2 Å². The fraction of sp³-hybridized carbons (Fsp3) is 0.520. The molecule has 5 heteroatoms. The van der Waals surface area contributed by atoms with Gasteiger partial charge in [-0.15, -0.1) is 0 Å². The molecule has 0 unspecified atom stereocenters. The molecule has 1 heterocycles. The summed E-state index contributed by atoms with van der Waals surface area (Å²) >= 11 is 0. The molecule has 1 aromatic heterocycles. The fourth-order valence-corrected chi connectivity index (χ4v) is 2.82. The maximum atomic E-state index is 5.81. The van der Waals surface area contributed by atoms with Crippen LogP contribution >= 0.6 is 0 Å². The molecule has 0 aliphatic carbocycles. The van der Waals surface area contributed by atoms with E-state index < -0.39 is 0 Å². The lowest BCUT2D eigenvalue weighted by molar-refractivity contribution is 0.127. The van der Waals surface area contributed by atoms with Crippen molar-refractivity contribution in [2.24, 2.45) is 0 Å². The van der Waals surface area contributed by atoms with E-state index in [1.54, 1.807) is 12.4 Å². The Balaban J connectivity index is 1.67. The van der Waals surface area contributed by atoms with Crippen molar-refractivity contribution in [1.29, 1.82) is 0 Å². The van der Waals surface area contributed by atoms with Gasteiger partial charge in [-0.05, 0) is 69.2 Å². The summed E-state index contributed by atoms with van der Waals surface area (Å²) in [6, 6.07) is 7.93. The van der Waals surface area contributed by atoms with Gasteiger partial charge in [0, 0.05) is 18.8 Å². The number of nitrogens with zero attached hydrogens (tertiary/aromatic N) is 2. The highest BCUT2D eigenvalue weighted by Crippen LogP contribution is 2.20. The summed E-state index contributed by atoms with van der Waals surface area (Å²) in [5, 5.41) is 0. The minimum absolute atomic E-state index is 0.652. The Morgan fingerprint density at radius 2 is 1.40 bits per heavy atom. The van der Waals surface area contributed by atoms with Crippen LogP contribution in [0, 0.1) is 0 Å². The van der Waals surface area contributed by atoms with Crippen LogP contribution in [-0.4, -0.2) is 36.4 Å². The molecule has 2 aromatic rings. The lowest BCUT2D eigenvalue weighted by Crippen LogP contribution is -2.02. The standard InChI is InChI=1S/C25H36N2O3/c1-3-5-6-7-8-9-18-29-23-14-12-22(13-15-23)25-26-20-24(21-27-25)30-19-11-10-17-28-16-4-2/h5-6,12-15,20-21H,3-4,7-11,16-19H2,1-2H3/b6-5-. The molecule has 0 saturated carbocycles. The van der Waals surface area contributed by atoms with Crippen LogP contribution < -0.4 is 9.47 Å². The van der Waals surface area contributed by atoms with Gasteiger partial charge >= 0.3 is 0 Å². The van der Waals surface area contributed by atoms with Crippen LogP contribution in [0.5, 0.6) is 11.5 Å². The Bertz CT molecular complexity index is 699. The van der Waals surface area contributed by atoms with Crippen molar-refractivity contribution in [2.75, 3.05) is 26.4 Å². The lowest BCUT2D eigenvalue weighted by atomic mass is 10.2. The van der Waals surface area contributed by atoms with Gasteiger partial charge in [0.1, 0.15) is 5.75 Å². The first-order chi connectivity index (χ1) is 14.8. The van der Waals surface area contributed by atoms with Gasteiger partial charge in [0.15, 0.2) is 11.6 Å². The number of unbranched alkanes of at least 4 members (excludes halogenated alkanes) is 3. The van der Waals surface area contributed by atoms with Crippen molar-refractivity contribution in [3.05, 3.63) is 48.8 Å². The van der Waals surface area contributed by atoms with Crippen molar-refractivity contribution in [3.63, 3.8) is 0 Å². The van der Waals surface area contributed by atoms with Crippen molar-refractivity contribution < 1.29 is 14.2 Å². The minimum Gasteiger partial charge on any atom is -0.494 e. The number of benzene rings is 1. The molecule has 0 radical (unpaired) electrons. The summed E-state index contributed by atoms with van der Waals surface area (Å²) in [5.41, 5.74) is 0.965. The molecule has 0 spiro atoms. The summed E-state index contributed by atoms with van der Waals surface area (Å²) in [6.07, 6.45) is 15.4. The summed E-state index contributed by atoms with van der Waals surface area (Å²) in [6.45, 7) is 7.29. The summed E-state index contributed by atoms with van der Waals surface area (Å²) in [4.78, 5) is 8.84. The van der Waals surface area contributed by atoms with Gasteiger partial charge < -0.3 is 14.2 Å². The number of ether oxygens (including phenoxy) is 3. The molecule has 0 atom stereocenters. The quantitative estimate of drug-likeness (QED) is 0.241. The average molecular weight is 413 g/mol. The van der Waals surface area contributed by atoms with E-state index in [1.165, 1.54) is 0 Å². The van der Waals surface area contributed by atoms with E-state index >= 15 is 0 Å². The molecule has 164 valence electrons. The zero-order chi connectivity index (χ0) is 21.3. The first-order valence-electron chi connectivity index (χ1n) is 11.2. The van der Waals surface area contributed by atoms with Crippen LogP contribution in [0.4, 0.5) is 0 Å². The van der Waals surface area contributed by atoms with Crippen molar-refractivity contribution in [1.82, 2.24) is 9.97 Å². The van der Waals surface area contributed by atoms with E-state index in [9.17, 15) is 0 Å². The van der Waals surface area contributed by atoms with Crippen LogP contribution in [0.15, 0.2) is 48.8 Å². The van der Waals surface area contributed by atoms with Crippen LogP contribution in [0.2, 0.25) is 0 Å². The number of aromatic nitrogens is 2. The number of hydrogen-bond donors (Lipinski definition) is 0. The van der Waals surface area contributed by atoms with Gasteiger partial charge in [-0.2, -0.15) is 0 Å². The molecule has 0 amide bonds. The molecule has 0 bridgehead atoms. The summed E-state index contributed by atoms with van der Waals surface area (Å²) < 4.78 is 17.0. The molecule has 0 aliphatic heterocycles. The Morgan fingerprint density at radius 1 is 0.733 bits per heavy atom. The third-order valence-corrected chi connectivity index (χ3v) is 4.48. The second-order valence-corrected chi connectivity index (χ2v) is 7.16.